The molecule has 0 fully saturated rings. The van der Waals surface area contributed by atoms with Gasteiger partial charge in [-0.05, 0) is 48.7 Å². The quantitative estimate of drug-likeness (QED) is 0.666. The van der Waals surface area contributed by atoms with Gasteiger partial charge in [0.15, 0.2) is 9.84 Å². The number of nitrogens with zero attached hydrogens (tertiary/aromatic N) is 1. The summed E-state index contributed by atoms with van der Waals surface area (Å²) < 4.78 is 23.1. The highest BCUT2D eigenvalue weighted by Crippen LogP contribution is 2.30. The molecule has 2 aromatic rings. The van der Waals surface area contributed by atoms with Gasteiger partial charge in [-0.15, -0.1) is 0 Å². The molecular weight excluding hydrogens is 316 g/mol. The molecule has 2 aromatic carbocycles. The van der Waals surface area contributed by atoms with Crippen molar-refractivity contribution < 1.29 is 13.3 Å². The third-order valence-electron chi connectivity index (χ3n) is 3.60. The van der Waals surface area contributed by atoms with Crippen LogP contribution in [0.5, 0.6) is 0 Å². The summed E-state index contributed by atoms with van der Waals surface area (Å²) in [4.78, 5) is 10.6. The van der Waals surface area contributed by atoms with E-state index in [2.05, 4.69) is 5.32 Å². The Morgan fingerprint density at radius 3 is 2.43 bits per heavy atom. The fourth-order valence-corrected chi connectivity index (χ4v) is 2.93. The summed E-state index contributed by atoms with van der Waals surface area (Å²) >= 11 is 0. The van der Waals surface area contributed by atoms with Crippen molar-refractivity contribution in [1.29, 1.82) is 0 Å². The Bertz CT molecular complexity index is 860. The summed E-state index contributed by atoms with van der Waals surface area (Å²) in [7, 11) is -3.50. The van der Waals surface area contributed by atoms with Gasteiger partial charge in [-0.25, -0.2) is 8.42 Å². The first kappa shape index (κ1) is 17.0. The van der Waals surface area contributed by atoms with Gasteiger partial charge in [-0.3, -0.25) is 10.1 Å². The van der Waals surface area contributed by atoms with Crippen LogP contribution in [-0.4, -0.2) is 19.6 Å². The second-order valence-corrected chi connectivity index (χ2v) is 7.34. The summed E-state index contributed by atoms with van der Waals surface area (Å²) in [5, 5.41) is 14.2. The summed E-state index contributed by atoms with van der Waals surface area (Å²) in [6.45, 7) is 4.04. The number of anilines is 2. The van der Waals surface area contributed by atoms with Gasteiger partial charge in [0, 0.05) is 18.0 Å². The van der Waals surface area contributed by atoms with E-state index < -0.39 is 14.8 Å². The Kier molecular flexibility index (Phi) is 4.70. The van der Waals surface area contributed by atoms with E-state index in [0.717, 1.165) is 35.6 Å². The molecule has 7 heteroatoms. The fourth-order valence-electron chi connectivity index (χ4n) is 2.28. The van der Waals surface area contributed by atoms with E-state index in [1.807, 2.05) is 32.0 Å². The zero-order chi connectivity index (χ0) is 17.2. The van der Waals surface area contributed by atoms with Crippen LogP contribution in [0, 0.1) is 17.0 Å². The Hall–Kier alpha value is -2.41. The molecule has 0 aliphatic heterocycles. The zero-order valence-corrected chi connectivity index (χ0v) is 14.0. The molecule has 0 spiro atoms. The lowest BCUT2D eigenvalue weighted by molar-refractivity contribution is -0.384. The smallest absolute Gasteiger partial charge is 0.293 e. The molecule has 23 heavy (non-hydrogen) atoms. The van der Waals surface area contributed by atoms with Crippen molar-refractivity contribution in [3.63, 3.8) is 0 Å². The standard InChI is InChI=1S/C16H18N2O4S/c1-4-12-9-13(6-5-11(12)2)17-15-8-7-14(23(3,21)22)10-16(15)18(19)20/h5-10,17H,4H2,1-3H3. The molecule has 0 atom stereocenters. The Labute approximate surface area is 135 Å². The average Bonchev–Trinajstić information content (AvgIpc) is 2.48. The van der Waals surface area contributed by atoms with Crippen LogP contribution in [0.4, 0.5) is 17.1 Å². The Morgan fingerprint density at radius 2 is 1.87 bits per heavy atom. The van der Waals surface area contributed by atoms with E-state index in [1.54, 1.807) is 0 Å². The maximum Gasteiger partial charge on any atom is 0.293 e. The van der Waals surface area contributed by atoms with Crippen LogP contribution >= 0.6 is 0 Å². The number of benzene rings is 2. The normalized spacial score (nSPS) is 11.3. The number of nitrogens with one attached hydrogen (secondary N) is 1. The molecule has 0 aliphatic rings. The number of nitro benzene ring substituents is 1. The maximum atomic E-state index is 11.6. The number of nitro groups is 1. The average molecular weight is 334 g/mol. The summed E-state index contributed by atoms with van der Waals surface area (Å²) in [5.41, 5.74) is 3.01. The largest absolute Gasteiger partial charge is 0.350 e. The molecule has 1 N–H and O–H groups in total. The van der Waals surface area contributed by atoms with E-state index in [-0.39, 0.29) is 16.3 Å². The predicted octanol–water partition coefficient (Wildman–Crippen LogP) is 3.61. The summed E-state index contributed by atoms with van der Waals surface area (Å²) in [5.74, 6) is 0. The maximum absolute atomic E-state index is 11.6. The molecule has 0 aliphatic carbocycles. The molecule has 0 radical (unpaired) electrons. The minimum absolute atomic E-state index is 0.0760. The van der Waals surface area contributed by atoms with Crippen LogP contribution in [0.1, 0.15) is 18.1 Å². The Balaban J connectivity index is 2.46. The number of aryl methyl sites for hydroxylation is 2. The molecular formula is C16H18N2O4S. The highest BCUT2D eigenvalue weighted by atomic mass is 32.2. The van der Waals surface area contributed by atoms with Crippen molar-refractivity contribution in [3.05, 3.63) is 57.6 Å². The van der Waals surface area contributed by atoms with Crippen LogP contribution in [0.2, 0.25) is 0 Å². The van der Waals surface area contributed by atoms with Gasteiger partial charge in [-0.1, -0.05) is 13.0 Å². The van der Waals surface area contributed by atoms with Crippen LogP contribution < -0.4 is 5.32 Å². The highest BCUT2D eigenvalue weighted by molar-refractivity contribution is 7.90. The molecule has 0 saturated heterocycles. The minimum atomic E-state index is -3.50. The third-order valence-corrected chi connectivity index (χ3v) is 4.71. The van der Waals surface area contributed by atoms with E-state index >= 15 is 0 Å². The van der Waals surface area contributed by atoms with Crippen molar-refractivity contribution in [2.45, 2.75) is 25.2 Å². The first-order chi connectivity index (χ1) is 10.7. The van der Waals surface area contributed by atoms with Crippen molar-refractivity contribution in [2.24, 2.45) is 0 Å². The number of hydrogen-bond donors (Lipinski definition) is 1. The molecule has 0 unspecified atom stereocenters. The highest BCUT2D eigenvalue weighted by Gasteiger charge is 2.19. The van der Waals surface area contributed by atoms with E-state index in [4.69, 9.17) is 0 Å². The second kappa shape index (κ2) is 6.37. The van der Waals surface area contributed by atoms with Gasteiger partial charge >= 0.3 is 0 Å². The van der Waals surface area contributed by atoms with Crippen LogP contribution in [0.3, 0.4) is 0 Å². The van der Waals surface area contributed by atoms with Crippen LogP contribution in [0.25, 0.3) is 0 Å². The third kappa shape index (κ3) is 3.87. The van der Waals surface area contributed by atoms with Crippen molar-refractivity contribution in [3.8, 4) is 0 Å². The number of rotatable bonds is 5. The summed E-state index contributed by atoms with van der Waals surface area (Å²) in [6.07, 6.45) is 1.88. The Morgan fingerprint density at radius 1 is 1.17 bits per heavy atom. The SMILES string of the molecule is CCc1cc(Nc2ccc(S(C)(=O)=O)cc2[N+](=O)[O-])ccc1C. The number of hydrogen-bond acceptors (Lipinski definition) is 5. The first-order valence-electron chi connectivity index (χ1n) is 7.07. The minimum Gasteiger partial charge on any atom is -0.350 e. The second-order valence-electron chi connectivity index (χ2n) is 5.33. The van der Waals surface area contributed by atoms with Crippen molar-refractivity contribution in [2.75, 3.05) is 11.6 Å². The van der Waals surface area contributed by atoms with Crippen molar-refractivity contribution in [1.82, 2.24) is 0 Å². The predicted molar refractivity (Wildman–Crippen MR) is 90.0 cm³/mol. The zero-order valence-electron chi connectivity index (χ0n) is 13.2. The van der Waals surface area contributed by atoms with Gasteiger partial charge in [-0.2, -0.15) is 0 Å². The van der Waals surface area contributed by atoms with E-state index in [9.17, 15) is 18.5 Å². The van der Waals surface area contributed by atoms with Gasteiger partial charge in [0.1, 0.15) is 5.69 Å². The first-order valence-corrected chi connectivity index (χ1v) is 8.96. The lowest BCUT2D eigenvalue weighted by Crippen LogP contribution is -2.02. The van der Waals surface area contributed by atoms with Gasteiger partial charge < -0.3 is 5.32 Å². The molecule has 0 bridgehead atoms. The molecule has 6 nitrogen and oxygen atoms in total. The molecule has 2 rings (SSSR count). The van der Waals surface area contributed by atoms with Crippen LogP contribution in [0.15, 0.2) is 41.3 Å². The van der Waals surface area contributed by atoms with Gasteiger partial charge in [0.05, 0.1) is 9.82 Å². The van der Waals surface area contributed by atoms with E-state index in [0.29, 0.717) is 0 Å². The molecule has 0 saturated carbocycles. The van der Waals surface area contributed by atoms with Crippen LogP contribution in [-0.2, 0) is 16.3 Å². The van der Waals surface area contributed by atoms with Gasteiger partial charge in [0.25, 0.3) is 5.69 Å². The molecule has 0 amide bonds. The monoisotopic (exact) mass is 334 g/mol. The molecule has 0 heterocycles. The molecule has 122 valence electrons. The topological polar surface area (TPSA) is 89.3 Å². The molecule has 0 aromatic heterocycles. The van der Waals surface area contributed by atoms with Crippen molar-refractivity contribution >= 4 is 26.9 Å². The lowest BCUT2D eigenvalue weighted by atomic mass is 10.1. The number of sulfone groups is 1. The van der Waals surface area contributed by atoms with Gasteiger partial charge in [0.2, 0.25) is 0 Å². The lowest BCUT2D eigenvalue weighted by Gasteiger charge is -2.11. The summed E-state index contributed by atoms with van der Waals surface area (Å²) in [6, 6.07) is 9.57. The van der Waals surface area contributed by atoms with E-state index in [1.165, 1.54) is 12.1 Å². The fraction of sp³-hybridized carbons (Fsp3) is 0.250.